The lowest BCUT2D eigenvalue weighted by molar-refractivity contribution is 0.0659. The van der Waals surface area contributed by atoms with Gasteiger partial charge in [-0.15, -0.1) is 11.3 Å². The molecular formula is C17H20ClN3OS. The molecule has 1 aliphatic rings. The molecule has 4 nitrogen and oxygen atoms in total. The number of benzene rings is 1. The van der Waals surface area contributed by atoms with Crippen LogP contribution in [0, 0.1) is 0 Å². The van der Waals surface area contributed by atoms with Crippen LogP contribution in [0.3, 0.4) is 0 Å². The van der Waals surface area contributed by atoms with Gasteiger partial charge in [-0.25, -0.2) is 4.98 Å². The summed E-state index contributed by atoms with van der Waals surface area (Å²) in [4.78, 5) is 19.3. The Morgan fingerprint density at radius 2 is 2.09 bits per heavy atom. The molecule has 1 amide bonds. The molecule has 1 aromatic carbocycles. The summed E-state index contributed by atoms with van der Waals surface area (Å²) >= 11 is 7.72. The van der Waals surface area contributed by atoms with Crippen LogP contribution in [0.5, 0.6) is 0 Å². The number of nitrogens with two attached hydrogens (primary N) is 1. The van der Waals surface area contributed by atoms with Crippen molar-refractivity contribution in [3.05, 3.63) is 50.9 Å². The maximum absolute atomic E-state index is 13.0. The van der Waals surface area contributed by atoms with E-state index < -0.39 is 0 Å². The fourth-order valence-electron chi connectivity index (χ4n) is 3.04. The second-order valence-electron chi connectivity index (χ2n) is 5.79. The molecule has 0 saturated heterocycles. The minimum atomic E-state index is -0.0206. The number of carbonyl (C=O) groups excluding carboxylic acids is 1. The zero-order valence-corrected chi connectivity index (χ0v) is 14.4. The van der Waals surface area contributed by atoms with Crippen molar-refractivity contribution in [1.29, 1.82) is 0 Å². The summed E-state index contributed by atoms with van der Waals surface area (Å²) in [7, 11) is 0. The third-order valence-electron chi connectivity index (χ3n) is 4.27. The minimum Gasteiger partial charge on any atom is -0.330 e. The minimum absolute atomic E-state index is 0.0206. The summed E-state index contributed by atoms with van der Waals surface area (Å²) in [6, 6.07) is 7.96. The third kappa shape index (κ3) is 3.74. The molecule has 0 radical (unpaired) electrons. The second kappa shape index (κ2) is 7.43. The fraction of sp³-hybridized carbons (Fsp3) is 0.412. The molecule has 1 heterocycles. The van der Waals surface area contributed by atoms with Crippen LogP contribution in [-0.4, -0.2) is 21.8 Å². The van der Waals surface area contributed by atoms with Crippen LogP contribution in [0.1, 0.15) is 46.7 Å². The fourth-order valence-corrected chi connectivity index (χ4v) is 3.89. The van der Waals surface area contributed by atoms with Gasteiger partial charge in [0.2, 0.25) is 0 Å². The van der Waals surface area contributed by atoms with Gasteiger partial charge in [-0.05, 0) is 24.5 Å². The first-order valence-corrected chi connectivity index (χ1v) is 9.13. The van der Waals surface area contributed by atoms with Crippen LogP contribution in [-0.2, 0) is 13.1 Å². The molecule has 23 heavy (non-hydrogen) atoms. The van der Waals surface area contributed by atoms with Gasteiger partial charge < -0.3 is 10.6 Å². The van der Waals surface area contributed by atoms with Gasteiger partial charge in [-0.1, -0.05) is 42.6 Å². The van der Waals surface area contributed by atoms with Gasteiger partial charge in [0.25, 0.3) is 5.91 Å². The lowest BCUT2D eigenvalue weighted by atomic mass is 10.1. The Morgan fingerprint density at radius 1 is 1.35 bits per heavy atom. The Kier molecular flexibility index (Phi) is 5.30. The van der Waals surface area contributed by atoms with E-state index in [9.17, 15) is 4.79 Å². The van der Waals surface area contributed by atoms with E-state index in [2.05, 4.69) is 4.98 Å². The van der Waals surface area contributed by atoms with Crippen molar-refractivity contribution >= 4 is 28.8 Å². The van der Waals surface area contributed by atoms with Gasteiger partial charge in [0.1, 0.15) is 10.7 Å². The van der Waals surface area contributed by atoms with Crippen molar-refractivity contribution in [3.8, 4) is 0 Å². The third-order valence-corrected chi connectivity index (χ3v) is 5.51. The van der Waals surface area contributed by atoms with E-state index in [1.807, 2.05) is 29.2 Å². The number of nitrogens with zero attached hydrogens (tertiary/aromatic N) is 2. The van der Waals surface area contributed by atoms with Crippen LogP contribution in [0.4, 0.5) is 0 Å². The Bertz CT molecular complexity index is 682. The van der Waals surface area contributed by atoms with Crippen LogP contribution >= 0.6 is 22.9 Å². The number of halogens is 1. The van der Waals surface area contributed by atoms with Crippen LogP contribution in [0.2, 0.25) is 5.02 Å². The zero-order chi connectivity index (χ0) is 16.2. The van der Waals surface area contributed by atoms with E-state index in [0.29, 0.717) is 23.8 Å². The molecule has 0 aliphatic heterocycles. The molecule has 1 saturated carbocycles. The van der Waals surface area contributed by atoms with Gasteiger partial charge >= 0.3 is 0 Å². The highest BCUT2D eigenvalue weighted by atomic mass is 35.5. The number of thiazole rings is 1. The Balaban J connectivity index is 1.86. The molecule has 0 bridgehead atoms. The maximum atomic E-state index is 13.0. The van der Waals surface area contributed by atoms with E-state index in [1.165, 1.54) is 24.2 Å². The molecule has 0 atom stereocenters. The number of hydrogen-bond donors (Lipinski definition) is 1. The SMILES string of the molecule is NCc1nc(C(=O)N(Cc2ccccc2Cl)C2CCCC2)cs1. The van der Waals surface area contributed by atoms with Gasteiger partial charge in [0.15, 0.2) is 0 Å². The number of rotatable bonds is 5. The smallest absolute Gasteiger partial charge is 0.273 e. The molecule has 0 unspecified atom stereocenters. The molecule has 6 heteroatoms. The zero-order valence-electron chi connectivity index (χ0n) is 12.9. The van der Waals surface area contributed by atoms with E-state index in [4.69, 9.17) is 17.3 Å². The highest BCUT2D eigenvalue weighted by Gasteiger charge is 2.29. The normalized spacial score (nSPS) is 15.0. The molecule has 3 rings (SSSR count). The first-order valence-electron chi connectivity index (χ1n) is 7.88. The quantitative estimate of drug-likeness (QED) is 0.892. The van der Waals surface area contributed by atoms with Crippen molar-refractivity contribution in [2.45, 2.75) is 44.8 Å². The molecular weight excluding hydrogens is 330 g/mol. The predicted octanol–water partition coefficient (Wildman–Crippen LogP) is 3.84. The second-order valence-corrected chi connectivity index (χ2v) is 7.14. The summed E-state index contributed by atoms with van der Waals surface area (Å²) < 4.78 is 0. The van der Waals surface area contributed by atoms with E-state index in [1.54, 1.807) is 5.38 Å². The molecule has 1 aromatic heterocycles. The summed E-state index contributed by atoms with van der Waals surface area (Å²) in [5, 5.41) is 3.29. The largest absolute Gasteiger partial charge is 0.330 e. The van der Waals surface area contributed by atoms with Crippen LogP contribution < -0.4 is 5.73 Å². The number of hydrogen-bond acceptors (Lipinski definition) is 4. The van der Waals surface area contributed by atoms with Gasteiger partial charge in [0, 0.05) is 29.5 Å². The van der Waals surface area contributed by atoms with Crippen LogP contribution in [0.15, 0.2) is 29.6 Å². The molecule has 2 N–H and O–H groups in total. The molecule has 1 aliphatic carbocycles. The first-order chi connectivity index (χ1) is 11.2. The van der Waals surface area contributed by atoms with E-state index in [0.717, 1.165) is 23.4 Å². The number of amides is 1. The first kappa shape index (κ1) is 16.4. The molecule has 0 spiro atoms. The average molecular weight is 350 g/mol. The summed E-state index contributed by atoms with van der Waals surface area (Å²) in [6.07, 6.45) is 4.43. The van der Waals surface area contributed by atoms with E-state index in [-0.39, 0.29) is 11.9 Å². The van der Waals surface area contributed by atoms with Crippen molar-refractivity contribution in [1.82, 2.24) is 9.88 Å². The highest BCUT2D eigenvalue weighted by Crippen LogP contribution is 2.28. The van der Waals surface area contributed by atoms with Gasteiger partial charge in [0.05, 0.1) is 0 Å². The van der Waals surface area contributed by atoms with E-state index >= 15 is 0 Å². The summed E-state index contributed by atoms with van der Waals surface area (Å²) in [6.45, 7) is 0.893. The molecule has 122 valence electrons. The summed E-state index contributed by atoms with van der Waals surface area (Å²) in [5.74, 6) is -0.0206. The summed E-state index contributed by atoms with van der Waals surface area (Å²) in [5.41, 5.74) is 7.08. The van der Waals surface area contributed by atoms with Gasteiger partial charge in [-0.3, -0.25) is 4.79 Å². The van der Waals surface area contributed by atoms with Crippen molar-refractivity contribution in [2.75, 3.05) is 0 Å². The van der Waals surface area contributed by atoms with Crippen LogP contribution in [0.25, 0.3) is 0 Å². The average Bonchev–Trinajstić information content (AvgIpc) is 3.25. The van der Waals surface area contributed by atoms with Crippen molar-refractivity contribution < 1.29 is 4.79 Å². The number of aromatic nitrogens is 1. The Labute approximate surface area is 145 Å². The topological polar surface area (TPSA) is 59.2 Å². The Hall–Kier alpha value is -1.43. The van der Waals surface area contributed by atoms with Crippen molar-refractivity contribution in [2.24, 2.45) is 5.73 Å². The maximum Gasteiger partial charge on any atom is 0.273 e. The molecule has 1 fully saturated rings. The lowest BCUT2D eigenvalue weighted by Gasteiger charge is -2.29. The molecule has 2 aromatic rings. The highest BCUT2D eigenvalue weighted by molar-refractivity contribution is 7.09. The standard InChI is InChI=1S/C17H20ClN3OS/c18-14-8-4-1-5-12(14)10-21(13-6-2-3-7-13)17(22)15-11-23-16(9-19)20-15/h1,4-5,8,11,13H,2-3,6-7,9-10,19H2. The monoisotopic (exact) mass is 349 g/mol. The Morgan fingerprint density at radius 3 is 2.74 bits per heavy atom. The van der Waals surface area contributed by atoms with Crippen molar-refractivity contribution in [3.63, 3.8) is 0 Å². The lowest BCUT2D eigenvalue weighted by Crippen LogP contribution is -2.38. The van der Waals surface area contributed by atoms with Gasteiger partial charge in [-0.2, -0.15) is 0 Å². The number of carbonyl (C=O) groups is 1. The predicted molar refractivity (Wildman–Crippen MR) is 93.6 cm³/mol.